The van der Waals surface area contributed by atoms with E-state index in [1.165, 1.54) is 25.2 Å². The van der Waals surface area contributed by atoms with Crippen LogP contribution in [0.2, 0.25) is 0 Å². The van der Waals surface area contributed by atoms with Gasteiger partial charge in [-0.1, -0.05) is 6.07 Å². The third kappa shape index (κ3) is 3.34. The molecule has 0 saturated heterocycles. The van der Waals surface area contributed by atoms with Crippen LogP contribution in [0.25, 0.3) is 11.3 Å². The van der Waals surface area contributed by atoms with Gasteiger partial charge in [0.2, 0.25) is 0 Å². The number of fused-ring (bicyclic) bond motifs is 1. The minimum Gasteiger partial charge on any atom is -0.493 e. The molecule has 7 heteroatoms. The van der Waals surface area contributed by atoms with E-state index in [0.717, 1.165) is 17.4 Å². The number of carbonyl (C=O) groups excluding carboxylic acids is 2. The van der Waals surface area contributed by atoms with Crippen molar-refractivity contribution in [3.05, 3.63) is 71.2 Å². The molecule has 1 aliphatic rings. The number of hydrogen-bond donors (Lipinski definition) is 2. The molecule has 2 N–H and O–H groups in total. The molecule has 0 aliphatic carbocycles. The summed E-state index contributed by atoms with van der Waals surface area (Å²) in [4.78, 5) is 24.3. The molecule has 4 rings (SSSR count). The average Bonchev–Trinajstić information content (AvgIpc) is 3.37. The predicted octanol–water partition coefficient (Wildman–Crippen LogP) is 3.63. The number of rotatable bonds is 4. The van der Waals surface area contributed by atoms with Gasteiger partial charge in [-0.3, -0.25) is 9.59 Å². The maximum Gasteiger partial charge on any atom is 0.286 e. The molecule has 0 unspecified atom stereocenters. The normalized spacial score (nSPS) is 12.2. The lowest BCUT2D eigenvalue weighted by molar-refractivity contribution is 0.0935. The number of benzene rings is 2. The SMILES string of the molecule is CNC(=O)c1ccc(-c2cc(F)cc(C(=O)Nc3cccc4c3CCO4)c2)o1. The fourth-order valence-corrected chi connectivity index (χ4v) is 3.13. The highest BCUT2D eigenvalue weighted by Gasteiger charge is 2.19. The standard InChI is InChI=1S/C21H17FN2O4/c1-23-21(26)19-6-5-17(28-19)12-9-13(11-14(22)10-12)20(25)24-16-3-2-4-18-15(16)7-8-27-18/h2-6,9-11H,7-8H2,1H3,(H,23,26)(H,24,25). The summed E-state index contributed by atoms with van der Waals surface area (Å²) >= 11 is 0. The fourth-order valence-electron chi connectivity index (χ4n) is 3.13. The molecule has 2 aromatic carbocycles. The lowest BCUT2D eigenvalue weighted by Gasteiger charge is -2.10. The predicted molar refractivity (Wildman–Crippen MR) is 101 cm³/mol. The maximum absolute atomic E-state index is 14.1. The van der Waals surface area contributed by atoms with Gasteiger partial charge in [0, 0.05) is 35.8 Å². The molecule has 142 valence electrons. The molecule has 3 aromatic rings. The Balaban J connectivity index is 1.62. The monoisotopic (exact) mass is 380 g/mol. The zero-order chi connectivity index (χ0) is 19.7. The topological polar surface area (TPSA) is 80.6 Å². The maximum atomic E-state index is 14.1. The second kappa shape index (κ2) is 7.19. The first-order chi connectivity index (χ1) is 13.5. The Kier molecular flexibility index (Phi) is 4.57. The summed E-state index contributed by atoms with van der Waals surface area (Å²) < 4.78 is 25.1. The molecule has 1 aliphatic heterocycles. The molecule has 2 amide bonds. The van der Waals surface area contributed by atoms with Crippen LogP contribution in [0.4, 0.5) is 10.1 Å². The van der Waals surface area contributed by atoms with Crippen molar-refractivity contribution in [2.45, 2.75) is 6.42 Å². The van der Waals surface area contributed by atoms with E-state index in [1.807, 2.05) is 6.07 Å². The van der Waals surface area contributed by atoms with Gasteiger partial charge in [0.15, 0.2) is 5.76 Å². The Labute approximate surface area is 160 Å². The number of nitrogens with one attached hydrogen (secondary N) is 2. The number of halogens is 1. The highest BCUT2D eigenvalue weighted by molar-refractivity contribution is 6.05. The van der Waals surface area contributed by atoms with Gasteiger partial charge in [0.05, 0.1) is 6.61 Å². The van der Waals surface area contributed by atoms with E-state index in [9.17, 15) is 14.0 Å². The molecule has 28 heavy (non-hydrogen) atoms. The summed E-state index contributed by atoms with van der Waals surface area (Å²) in [6, 6.07) is 12.4. The smallest absolute Gasteiger partial charge is 0.286 e. The summed E-state index contributed by atoms with van der Waals surface area (Å²) in [6.07, 6.45) is 0.703. The quantitative estimate of drug-likeness (QED) is 0.724. The van der Waals surface area contributed by atoms with Crippen LogP contribution in [0.15, 0.2) is 52.9 Å². The van der Waals surface area contributed by atoms with Crippen LogP contribution in [0, 0.1) is 5.82 Å². The zero-order valence-corrected chi connectivity index (χ0v) is 15.0. The lowest BCUT2D eigenvalue weighted by atomic mass is 10.1. The number of anilines is 1. The molecule has 0 bridgehead atoms. The summed E-state index contributed by atoms with van der Waals surface area (Å²) in [6.45, 7) is 0.568. The van der Waals surface area contributed by atoms with Crippen molar-refractivity contribution in [1.82, 2.24) is 5.32 Å². The van der Waals surface area contributed by atoms with E-state index in [4.69, 9.17) is 9.15 Å². The molecule has 0 radical (unpaired) electrons. The number of hydrogen-bond acceptors (Lipinski definition) is 4. The van der Waals surface area contributed by atoms with Gasteiger partial charge in [-0.2, -0.15) is 0 Å². The fraction of sp³-hybridized carbons (Fsp3) is 0.143. The Bertz CT molecular complexity index is 1070. The van der Waals surface area contributed by atoms with Gasteiger partial charge >= 0.3 is 0 Å². The summed E-state index contributed by atoms with van der Waals surface area (Å²) in [5.74, 6) is -0.272. The van der Waals surface area contributed by atoms with Crippen molar-refractivity contribution in [2.75, 3.05) is 19.0 Å². The molecule has 0 saturated carbocycles. The van der Waals surface area contributed by atoms with Gasteiger partial charge in [-0.15, -0.1) is 0 Å². The minimum absolute atomic E-state index is 0.104. The third-order valence-electron chi connectivity index (χ3n) is 4.49. The Morgan fingerprint density at radius 3 is 2.75 bits per heavy atom. The van der Waals surface area contributed by atoms with E-state index in [1.54, 1.807) is 18.2 Å². The first kappa shape index (κ1) is 17.8. The zero-order valence-electron chi connectivity index (χ0n) is 15.0. The van der Waals surface area contributed by atoms with Crippen molar-refractivity contribution < 1.29 is 23.1 Å². The van der Waals surface area contributed by atoms with E-state index in [-0.39, 0.29) is 17.2 Å². The Morgan fingerprint density at radius 1 is 1.07 bits per heavy atom. The second-order valence-electron chi connectivity index (χ2n) is 6.31. The van der Waals surface area contributed by atoms with E-state index in [2.05, 4.69) is 10.6 Å². The number of ether oxygens (including phenoxy) is 1. The third-order valence-corrected chi connectivity index (χ3v) is 4.49. The molecule has 6 nitrogen and oxygen atoms in total. The highest BCUT2D eigenvalue weighted by atomic mass is 19.1. The number of furan rings is 1. The van der Waals surface area contributed by atoms with E-state index in [0.29, 0.717) is 30.0 Å². The summed E-state index contributed by atoms with van der Waals surface area (Å²) in [5, 5.41) is 5.27. The summed E-state index contributed by atoms with van der Waals surface area (Å²) in [7, 11) is 1.49. The number of amides is 2. The largest absolute Gasteiger partial charge is 0.493 e. The van der Waals surface area contributed by atoms with Crippen LogP contribution < -0.4 is 15.4 Å². The molecule has 1 aromatic heterocycles. The van der Waals surface area contributed by atoms with Gasteiger partial charge in [-0.25, -0.2) is 4.39 Å². The van der Waals surface area contributed by atoms with Gasteiger partial charge in [-0.05, 0) is 42.5 Å². The van der Waals surface area contributed by atoms with Crippen LogP contribution in [-0.2, 0) is 6.42 Å². The first-order valence-electron chi connectivity index (χ1n) is 8.74. The van der Waals surface area contributed by atoms with Crippen molar-refractivity contribution in [3.8, 4) is 17.1 Å². The van der Waals surface area contributed by atoms with Crippen LogP contribution in [-0.4, -0.2) is 25.5 Å². The minimum atomic E-state index is -0.581. The van der Waals surface area contributed by atoms with Crippen molar-refractivity contribution in [3.63, 3.8) is 0 Å². The van der Waals surface area contributed by atoms with Crippen LogP contribution >= 0.6 is 0 Å². The molecular formula is C21H17FN2O4. The molecule has 2 heterocycles. The molecule has 0 spiro atoms. The molecule has 0 atom stereocenters. The lowest BCUT2D eigenvalue weighted by Crippen LogP contribution is -2.16. The highest BCUT2D eigenvalue weighted by Crippen LogP contribution is 2.32. The average molecular weight is 380 g/mol. The Hall–Kier alpha value is -3.61. The van der Waals surface area contributed by atoms with E-state index < -0.39 is 11.7 Å². The van der Waals surface area contributed by atoms with Gasteiger partial charge in [0.1, 0.15) is 17.3 Å². The first-order valence-corrected chi connectivity index (χ1v) is 8.74. The number of carbonyl (C=O) groups is 2. The molecule has 0 fully saturated rings. The van der Waals surface area contributed by atoms with Crippen molar-refractivity contribution >= 4 is 17.5 Å². The van der Waals surface area contributed by atoms with Crippen molar-refractivity contribution in [1.29, 1.82) is 0 Å². The van der Waals surface area contributed by atoms with Gasteiger partial charge in [0.25, 0.3) is 11.8 Å². The van der Waals surface area contributed by atoms with E-state index >= 15 is 0 Å². The second-order valence-corrected chi connectivity index (χ2v) is 6.31. The van der Waals surface area contributed by atoms with Crippen LogP contribution in [0.3, 0.4) is 0 Å². The summed E-state index contributed by atoms with van der Waals surface area (Å²) in [5.41, 5.74) is 2.07. The van der Waals surface area contributed by atoms with Crippen LogP contribution in [0.1, 0.15) is 26.5 Å². The molecular weight excluding hydrogens is 363 g/mol. The van der Waals surface area contributed by atoms with Gasteiger partial charge < -0.3 is 19.8 Å². The Morgan fingerprint density at radius 2 is 1.93 bits per heavy atom. The van der Waals surface area contributed by atoms with Crippen molar-refractivity contribution in [2.24, 2.45) is 0 Å². The van der Waals surface area contributed by atoms with Crippen LogP contribution in [0.5, 0.6) is 5.75 Å².